The first-order valence-corrected chi connectivity index (χ1v) is 13.8. The molecule has 1 spiro atoms. The number of esters is 1. The van der Waals surface area contributed by atoms with Gasteiger partial charge in [0.1, 0.15) is 11.4 Å². The summed E-state index contributed by atoms with van der Waals surface area (Å²) in [5.74, 6) is -2.26. The Hall–Kier alpha value is -4.63. The molecule has 4 atom stereocenters. The summed E-state index contributed by atoms with van der Waals surface area (Å²) in [7, 11) is 0. The van der Waals surface area contributed by atoms with Crippen LogP contribution in [0.2, 0.25) is 0 Å². The summed E-state index contributed by atoms with van der Waals surface area (Å²) in [5, 5.41) is 4.17. The number of nitrogens with one attached hydrogen (secondary N) is 1. The highest BCUT2D eigenvalue weighted by Gasteiger charge is 2.70. The van der Waals surface area contributed by atoms with Crippen molar-refractivity contribution in [1.29, 1.82) is 0 Å². The van der Waals surface area contributed by atoms with Crippen LogP contribution in [0.4, 0.5) is 5.69 Å². The molecule has 1 N–H and O–H groups in total. The number of aromatic nitrogens is 2. The Labute approximate surface area is 235 Å². The number of carbonyl (C=O) groups is 3. The molecule has 4 aromatic rings. The highest BCUT2D eigenvalue weighted by molar-refractivity contribution is 6.23. The van der Waals surface area contributed by atoms with Crippen LogP contribution in [0.5, 0.6) is 0 Å². The van der Waals surface area contributed by atoms with Crippen molar-refractivity contribution in [2.75, 3.05) is 11.5 Å². The molecule has 1 aromatic heterocycles. The second-order valence-corrected chi connectivity index (χ2v) is 11.1. The van der Waals surface area contributed by atoms with Crippen LogP contribution >= 0.6 is 0 Å². The Morgan fingerprint density at radius 1 is 0.976 bits per heavy atom. The van der Waals surface area contributed by atoms with E-state index in [-0.39, 0.29) is 35.9 Å². The summed E-state index contributed by atoms with van der Waals surface area (Å²) in [6.45, 7) is 6.01. The van der Waals surface area contributed by atoms with Gasteiger partial charge in [-0.1, -0.05) is 44.2 Å². The van der Waals surface area contributed by atoms with Gasteiger partial charge in [0.05, 0.1) is 46.3 Å². The second-order valence-electron chi connectivity index (χ2n) is 11.1. The third-order valence-corrected chi connectivity index (χ3v) is 8.65. The third kappa shape index (κ3) is 3.29. The number of hydrogen-bond acceptors (Lipinski definition) is 7. The van der Waals surface area contributed by atoms with Crippen molar-refractivity contribution in [2.45, 2.75) is 32.4 Å². The highest BCUT2D eigenvalue weighted by Crippen LogP contribution is 2.56. The molecule has 2 unspecified atom stereocenters. The van der Waals surface area contributed by atoms with E-state index < -0.39 is 23.3 Å². The van der Waals surface area contributed by atoms with Crippen LogP contribution in [-0.2, 0) is 19.9 Å². The Bertz CT molecular complexity index is 1830. The van der Waals surface area contributed by atoms with Crippen LogP contribution in [0.1, 0.15) is 42.5 Å². The Morgan fingerprint density at radius 2 is 1.68 bits per heavy atom. The Kier molecular flexibility index (Phi) is 5.53. The van der Waals surface area contributed by atoms with Crippen LogP contribution in [0.3, 0.4) is 0 Å². The van der Waals surface area contributed by atoms with Crippen molar-refractivity contribution in [2.24, 2.45) is 17.8 Å². The molecule has 0 radical (unpaired) electrons. The van der Waals surface area contributed by atoms with Gasteiger partial charge in [0.2, 0.25) is 11.8 Å². The standard InChI is InChI=1S/C32H28N4O5/c1-4-41-30(40)18-13-15-19(16-14-18)35-28(38)24-25(29(35)39)32(34-26(24)17(2)3)21-10-6-8-12-23(21)36-27(37)20-9-5-7-11-22(20)33-31(32)36/h5-17,24-26,34H,4H2,1-3H3/t24-,25-,26?,32?/m1/s1. The molecule has 41 heavy (non-hydrogen) atoms. The molecule has 0 bridgehead atoms. The third-order valence-electron chi connectivity index (χ3n) is 8.65. The lowest BCUT2D eigenvalue weighted by atomic mass is 9.75. The minimum absolute atomic E-state index is 0.00171. The van der Waals surface area contributed by atoms with Gasteiger partial charge in [0, 0.05) is 11.6 Å². The molecule has 3 aromatic carbocycles. The van der Waals surface area contributed by atoms with Gasteiger partial charge in [-0.25, -0.2) is 14.7 Å². The molecule has 206 valence electrons. The zero-order valence-corrected chi connectivity index (χ0v) is 22.8. The first kappa shape index (κ1) is 25.3. The van der Waals surface area contributed by atoms with Gasteiger partial charge in [-0.05, 0) is 55.3 Å². The minimum Gasteiger partial charge on any atom is -0.462 e. The summed E-state index contributed by atoms with van der Waals surface area (Å²) < 4.78 is 6.67. The molecule has 2 fully saturated rings. The predicted octanol–water partition coefficient (Wildman–Crippen LogP) is 3.55. The fourth-order valence-electron chi connectivity index (χ4n) is 6.94. The topological polar surface area (TPSA) is 111 Å². The van der Waals surface area contributed by atoms with Crippen molar-refractivity contribution in [3.05, 3.63) is 100 Å². The predicted molar refractivity (Wildman–Crippen MR) is 152 cm³/mol. The van der Waals surface area contributed by atoms with E-state index in [4.69, 9.17) is 9.72 Å². The number of nitrogens with zero attached hydrogens (tertiary/aromatic N) is 3. The maximum absolute atomic E-state index is 14.5. The molecule has 3 aliphatic rings. The van der Waals surface area contributed by atoms with Gasteiger partial charge in [-0.15, -0.1) is 0 Å². The number of para-hydroxylation sites is 2. The molecule has 2 saturated heterocycles. The number of anilines is 1. The normalized spacial score (nSPS) is 24.3. The first-order chi connectivity index (χ1) is 19.8. The van der Waals surface area contributed by atoms with Crippen molar-refractivity contribution in [1.82, 2.24) is 14.9 Å². The molecular weight excluding hydrogens is 520 g/mol. The van der Waals surface area contributed by atoms with E-state index in [0.717, 1.165) is 5.56 Å². The Morgan fingerprint density at radius 3 is 2.41 bits per heavy atom. The second kappa shape index (κ2) is 8.94. The van der Waals surface area contributed by atoms with Crippen molar-refractivity contribution in [3.8, 4) is 5.69 Å². The molecule has 2 amide bonds. The van der Waals surface area contributed by atoms with Gasteiger partial charge in [-0.3, -0.25) is 24.3 Å². The zero-order chi connectivity index (χ0) is 28.6. The van der Waals surface area contributed by atoms with E-state index in [2.05, 4.69) is 5.32 Å². The SMILES string of the molecule is CCOC(=O)c1ccc(N2C(=O)[C@H]3C(C(C)C)NC4(c5ccccc5-n5c4nc4ccccc4c5=O)[C@H]3C2=O)cc1. The first-order valence-electron chi connectivity index (χ1n) is 13.8. The molecule has 9 nitrogen and oxygen atoms in total. The van der Waals surface area contributed by atoms with E-state index in [1.54, 1.807) is 54.0 Å². The average Bonchev–Trinajstić information content (AvgIpc) is 3.57. The van der Waals surface area contributed by atoms with E-state index in [0.29, 0.717) is 33.7 Å². The molecule has 0 saturated carbocycles. The van der Waals surface area contributed by atoms with Gasteiger partial charge >= 0.3 is 5.97 Å². The van der Waals surface area contributed by atoms with Crippen LogP contribution < -0.4 is 15.8 Å². The van der Waals surface area contributed by atoms with E-state index >= 15 is 0 Å². The molecule has 9 heteroatoms. The van der Waals surface area contributed by atoms with E-state index in [1.165, 1.54) is 4.90 Å². The number of benzene rings is 3. The number of hydrogen-bond donors (Lipinski definition) is 1. The molecule has 3 aliphatic heterocycles. The van der Waals surface area contributed by atoms with Crippen molar-refractivity contribution < 1.29 is 19.1 Å². The lowest BCUT2D eigenvalue weighted by Crippen LogP contribution is -2.51. The van der Waals surface area contributed by atoms with Crippen molar-refractivity contribution >= 4 is 34.4 Å². The van der Waals surface area contributed by atoms with Crippen LogP contribution in [0.25, 0.3) is 16.6 Å². The molecule has 0 aliphatic carbocycles. The maximum atomic E-state index is 14.5. The van der Waals surface area contributed by atoms with E-state index in [1.807, 2.05) is 44.2 Å². The van der Waals surface area contributed by atoms with Crippen LogP contribution in [-0.4, -0.2) is 40.0 Å². The largest absolute Gasteiger partial charge is 0.462 e. The smallest absolute Gasteiger partial charge is 0.338 e. The van der Waals surface area contributed by atoms with Gasteiger partial charge < -0.3 is 4.74 Å². The quantitative estimate of drug-likeness (QED) is 0.307. The number of imide groups is 1. The molecule has 7 rings (SSSR count). The van der Waals surface area contributed by atoms with Gasteiger partial charge in [-0.2, -0.15) is 0 Å². The monoisotopic (exact) mass is 548 g/mol. The number of amides is 2. The number of fused-ring (bicyclic) bond motifs is 8. The fraction of sp³-hybridized carbons (Fsp3) is 0.281. The van der Waals surface area contributed by atoms with Gasteiger partial charge in [0.15, 0.2) is 0 Å². The summed E-state index contributed by atoms with van der Waals surface area (Å²) in [4.78, 5) is 60.9. The van der Waals surface area contributed by atoms with Crippen molar-refractivity contribution in [3.63, 3.8) is 0 Å². The number of carbonyl (C=O) groups excluding carboxylic acids is 3. The fourth-order valence-corrected chi connectivity index (χ4v) is 6.94. The van der Waals surface area contributed by atoms with E-state index in [9.17, 15) is 19.2 Å². The Balaban J connectivity index is 1.43. The summed E-state index contributed by atoms with van der Waals surface area (Å²) in [5.41, 5.74) is 1.25. The lowest BCUT2D eigenvalue weighted by molar-refractivity contribution is -0.123. The zero-order valence-electron chi connectivity index (χ0n) is 22.8. The van der Waals surface area contributed by atoms with Crippen LogP contribution in [0.15, 0.2) is 77.6 Å². The van der Waals surface area contributed by atoms with Crippen LogP contribution in [0, 0.1) is 17.8 Å². The maximum Gasteiger partial charge on any atom is 0.338 e. The van der Waals surface area contributed by atoms with Gasteiger partial charge in [0.25, 0.3) is 5.56 Å². The molecular formula is C32H28N4O5. The number of rotatable bonds is 4. The highest BCUT2D eigenvalue weighted by atomic mass is 16.5. The average molecular weight is 549 g/mol. The summed E-state index contributed by atoms with van der Waals surface area (Å²) in [6, 6.07) is 20.6. The number of ether oxygens (including phenoxy) is 1. The molecule has 4 heterocycles. The summed E-state index contributed by atoms with van der Waals surface area (Å²) >= 11 is 0. The minimum atomic E-state index is -1.19. The lowest BCUT2D eigenvalue weighted by Gasteiger charge is -2.32. The summed E-state index contributed by atoms with van der Waals surface area (Å²) in [6.07, 6.45) is 0.